The number of morpholine rings is 1. The van der Waals surface area contributed by atoms with Crippen molar-refractivity contribution in [3.8, 4) is 0 Å². The molecule has 0 saturated carbocycles. The van der Waals surface area contributed by atoms with Crippen LogP contribution in [0.3, 0.4) is 0 Å². The van der Waals surface area contributed by atoms with E-state index in [0.717, 1.165) is 37.7 Å². The first-order valence-corrected chi connectivity index (χ1v) is 9.48. The van der Waals surface area contributed by atoms with E-state index in [-0.39, 0.29) is 5.91 Å². The molecule has 2 heterocycles. The molecule has 1 fully saturated rings. The highest BCUT2D eigenvalue weighted by molar-refractivity contribution is 7.99. The van der Waals surface area contributed by atoms with Gasteiger partial charge in [0.2, 0.25) is 5.91 Å². The number of carbonyl (C=O) groups is 1. The summed E-state index contributed by atoms with van der Waals surface area (Å²) in [6.07, 6.45) is 0. The average Bonchev–Trinajstić information content (AvgIpc) is 2.53. The van der Waals surface area contributed by atoms with Crippen LogP contribution in [0.25, 0.3) is 0 Å². The molecule has 0 aromatic carbocycles. The second-order valence-corrected chi connectivity index (χ2v) is 7.43. The van der Waals surface area contributed by atoms with Crippen molar-refractivity contribution < 1.29 is 9.53 Å². The van der Waals surface area contributed by atoms with Gasteiger partial charge in [0.1, 0.15) is 0 Å². The number of aryl methyl sites for hydroxylation is 2. The predicted octanol–water partition coefficient (Wildman–Crippen LogP) is 1.66. The summed E-state index contributed by atoms with van der Waals surface area (Å²) in [7, 11) is 0. The SMILES string of the molecule is Cc1cc(C)nc(SCC(=O)NCC(C(C)C)N2CCOCC2)n1. The van der Waals surface area contributed by atoms with E-state index in [4.69, 9.17) is 4.74 Å². The van der Waals surface area contributed by atoms with Crippen molar-refractivity contribution in [1.82, 2.24) is 20.2 Å². The molecule has 1 aliphatic heterocycles. The van der Waals surface area contributed by atoms with Gasteiger partial charge in [-0.1, -0.05) is 25.6 Å². The minimum Gasteiger partial charge on any atom is -0.379 e. The Hall–Kier alpha value is -1.18. The number of carbonyl (C=O) groups excluding carboxylic acids is 1. The van der Waals surface area contributed by atoms with Crippen LogP contribution in [-0.2, 0) is 9.53 Å². The number of nitrogens with one attached hydrogen (secondary N) is 1. The monoisotopic (exact) mass is 352 g/mol. The molecule has 7 heteroatoms. The van der Waals surface area contributed by atoms with E-state index in [2.05, 4.69) is 34.0 Å². The molecule has 1 atom stereocenters. The lowest BCUT2D eigenvalue weighted by molar-refractivity contribution is -0.119. The van der Waals surface area contributed by atoms with Crippen LogP contribution in [-0.4, -0.2) is 65.4 Å². The Bertz CT molecular complexity index is 527. The lowest BCUT2D eigenvalue weighted by Gasteiger charge is -2.36. The maximum atomic E-state index is 12.2. The molecule has 0 aliphatic carbocycles. The Morgan fingerprint density at radius 2 is 1.92 bits per heavy atom. The second kappa shape index (κ2) is 9.34. The van der Waals surface area contributed by atoms with Crippen LogP contribution in [0.5, 0.6) is 0 Å². The smallest absolute Gasteiger partial charge is 0.230 e. The summed E-state index contributed by atoms with van der Waals surface area (Å²) in [5.41, 5.74) is 1.86. The summed E-state index contributed by atoms with van der Waals surface area (Å²) >= 11 is 1.38. The molecule has 0 bridgehead atoms. The lowest BCUT2D eigenvalue weighted by atomic mass is 10.0. The third-order valence-electron chi connectivity index (χ3n) is 4.09. The summed E-state index contributed by atoms with van der Waals surface area (Å²) in [4.78, 5) is 23.3. The average molecular weight is 353 g/mol. The van der Waals surface area contributed by atoms with Gasteiger partial charge in [-0.3, -0.25) is 9.69 Å². The fourth-order valence-corrected chi connectivity index (χ4v) is 3.63. The van der Waals surface area contributed by atoms with Crippen molar-refractivity contribution in [2.45, 2.75) is 38.9 Å². The molecule has 1 aliphatic rings. The standard InChI is InChI=1S/C17H28N4O2S/c1-12(2)15(21-5-7-23-8-6-21)10-18-16(22)11-24-17-19-13(3)9-14(4)20-17/h9,12,15H,5-8,10-11H2,1-4H3,(H,18,22). The molecule has 134 valence electrons. The van der Waals surface area contributed by atoms with Crippen molar-refractivity contribution >= 4 is 17.7 Å². The molecular formula is C17H28N4O2S. The quantitative estimate of drug-likeness (QED) is 0.595. The van der Waals surface area contributed by atoms with Crippen LogP contribution >= 0.6 is 11.8 Å². The van der Waals surface area contributed by atoms with Crippen molar-refractivity contribution in [1.29, 1.82) is 0 Å². The zero-order chi connectivity index (χ0) is 17.5. The third-order valence-corrected chi connectivity index (χ3v) is 4.93. The maximum Gasteiger partial charge on any atom is 0.230 e. The van der Waals surface area contributed by atoms with Gasteiger partial charge in [0.15, 0.2) is 5.16 Å². The van der Waals surface area contributed by atoms with E-state index in [9.17, 15) is 4.79 Å². The van der Waals surface area contributed by atoms with Crippen molar-refractivity contribution in [2.24, 2.45) is 5.92 Å². The van der Waals surface area contributed by atoms with Gasteiger partial charge in [-0.2, -0.15) is 0 Å². The van der Waals surface area contributed by atoms with Gasteiger partial charge < -0.3 is 10.1 Å². The van der Waals surface area contributed by atoms with E-state index >= 15 is 0 Å². The molecule has 1 saturated heterocycles. The first kappa shape index (κ1) is 19.1. The van der Waals surface area contributed by atoms with Crippen LogP contribution < -0.4 is 5.32 Å². The Balaban J connectivity index is 1.80. The zero-order valence-corrected chi connectivity index (χ0v) is 15.9. The summed E-state index contributed by atoms with van der Waals surface area (Å²) in [5.74, 6) is 0.858. The number of nitrogens with zero attached hydrogens (tertiary/aromatic N) is 3. The molecule has 24 heavy (non-hydrogen) atoms. The topological polar surface area (TPSA) is 67.4 Å². The molecule has 1 aromatic heterocycles. The fraction of sp³-hybridized carbons (Fsp3) is 0.706. The zero-order valence-electron chi connectivity index (χ0n) is 15.0. The first-order valence-electron chi connectivity index (χ1n) is 8.49. The Morgan fingerprint density at radius 1 is 1.29 bits per heavy atom. The molecule has 0 spiro atoms. The highest BCUT2D eigenvalue weighted by Crippen LogP contribution is 2.15. The van der Waals surface area contributed by atoms with Crippen LogP contribution in [0, 0.1) is 19.8 Å². The van der Waals surface area contributed by atoms with Gasteiger partial charge in [-0.15, -0.1) is 0 Å². The highest BCUT2D eigenvalue weighted by Gasteiger charge is 2.24. The van der Waals surface area contributed by atoms with Crippen LogP contribution in [0.2, 0.25) is 0 Å². The molecular weight excluding hydrogens is 324 g/mol. The summed E-state index contributed by atoms with van der Waals surface area (Å²) in [6, 6.07) is 2.28. The van der Waals surface area contributed by atoms with Gasteiger partial charge in [0, 0.05) is 37.1 Å². The van der Waals surface area contributed by atoms with E-state index in [0.29, 0.717) is 29.4 Å². The normalized spacial score (nSPS) is 17.0. The van der Waals surface area contributed by atoms with Crippen molar-refractivity contribution in [2.75, 3.05) is 38.6 Å². The number of hydrogen-bond acceptors (Lipinski definition) is 6. The molecule has 1 N–H and O–H groups in total. The first-order chi connectivity index (χ1) is 11.5. The Labute approximate surface area is 148 Å². The number of thioether (sulfide) groups is 1. The maximum absolute atomic E-state index is 12.2. The minimum absolute atomic E-state index is 0.0293. The van der Waals surface area contributed by atoms with Crippen LogP contribution in [0.1, 0.15) is 25.2 Å². The summed E-state index contributed by atoms with van der Waals surface area (Å²) < 4.78 is 5.42. The lowest BCUT2D eigenvalue weighted by Crippen LogP contribution is -2.51. The molecule has 6 nitrogen and oxygen atoms in total. The molecule has 1 amide bonds. The van der Waals surface area contributed by atoms with Gasteiger partial charge in [0.05, 0.1) is 19.0 Å². The molecule has 2 rings (SSSR count). The second-order valence-electron chi connectivity index (χ2n) is 6.49. The summed E-state index contributed by atoms with van der Waals surface area (Å²) in [6.45, 7) is 12.4. The molecule has 1 unspecified atom stereocenters. The third kappa shape index (κ3) is 6.03. The van der Waals surface area contributed by atoms with E-state index < -0.39 is 0 Å². The summed E-state index contributed by atoms with van der Waals surface area (Å²) in [5, 5.41) is 3.73. The van der Waals surface area contributed by atoms with Crippen molar-refractivity contribution in [3.05, 3.63) is 17.5 Å². The van der Waals surface area contributed by atoms with E-state index in [1.807, 2.05) is 19.9 Å². The number of rotatable bonds is 7. The Kier molecular flexibility index (Phi) is 7.45. The van der Waals surface area contributed by atoms with Crippen molar-refractivity contribution in [3.63, 3.8) is 0 Å². The minimum atomic E-state index is 0.0293. The largest absolute Gasteiger partial charge is 0.379 e. The van der Waals surface area contributed by atoms with E-state index in [1.54, 1.807) is 0 Å². The van der Waals surface area contributed by atoms with Crippen LogP contribution in [0.15, 0.2) is 11.2 Å². The Morgan fingerprint density at radius 3 is 2.50 bits per heavy atom. The van der Waals surface area contributed by atoms with Gasteiger partial charge in [-0.05, 0) is 25.8 Å². The number of amides is 1. The predicted molar refractivity (Wildman–Crippen MR) is 96.3 cm³/mol. The molecule has 0 radical (unpaired) electrons. The fourth-order valence-electron chi connectivity index (χ4n) is 2.85. The number of aromatic nitrogens is 2. The van der Waals surface area contributed by atoms with Gasteiger partial charge in [0.25, 0.3) is 0 Å². The highest BCUT2D eigenvalue weighted by atomic mass is 32.2. The number of ether oxygens (including phenoxy) is 1. The van der Waals surface area contributed by atoms with E-state index in [1.165, 1.54) is 11.8 Å². The van der Waals surface area contributed by atoms with Gasteiger partial charge >= 0.3 is 0 Å². The molecule has 1 aromatic rings. The van der Waals surface area contributed by atoms with Gasteiger partial charge in [-0.25, -0.2) is 9.97 Å². The number of hydrogen-bond donors (Lipinski definition) is 1. The van der Waals surface area contributed by atoms with Crippen LogP contribution in [0.4, 0.5) is 0 Å².